The van der Waals surface area contributed by atoms with E-state index in [4.69, 9.17) is 14.4 Å². The maximum Gasteiger partial charge on any atom is 0.303 e. The number of allylic oxidation sites excluding steroid dienone is 2. The fraction of sp³-hybridized carbons (Fsp3) is 0.481. The van der Waals surface area contributed by atoms with Gasteiger partial charge in [0, 0.05) is 43.4 Å². The Bertz CT molecular complexity index is 857. The standard InChI is InChI=1S/C21H26N2O4.C4H8.C2H6/c1-2-16-14-23(20-9-4-3-8-19(16)20)11-5-7-17-13-18(27-22-17)15-26-12-6-10-21(24)25;1-3-4-2;1-2/h2-4,8-9,13H,5-7,10-12,14-15H2,1H3,(H,24,25);3H,1,4H2,2H3;1-2H3/b16-2+;;. The highest BCUT2D eigenvalue weighted by Gasteiger charge is 2.21. The normalized spacial score (nSPS) is 13.0. The lowest BCUT2D eigenvalue weighted by Gasteiger charge is -2.18. The van der Waals surface area contributed by atoms with Crippen LogP contribution < -0.4 is 4.90 Å². The Morgan fingerprint density at radius 1 is 1.30 bits per heavy atom. The summed E-state index contributed by atoms with van der Waals surface area (Å²) in [5.74, 6) is -0.120. The molecule has 1 aliphatic heterocycles. The zero-order valence-electron chi connectivity index (χ0n) is 20.7. The number of carbonyl (C=O) groups is 1. The molecule has 0 atom stereocenters. The highest BCUT2D eigenvalue weighted by atomic mass is 16.5. The molecule has 182 valence electrons. The highest BCUT2D eigenvalue weighted by molar-refractivity contribution is 5.85. The van der Waals surface area contributed by atoms with Crippen LogP contribution in [0.25, 0.3) is 5.57 Å². The number of nitrogens with zero attached hydrogens (tertiary/aromatic N) is 2. The molecule has 1 aliphatic rings. The molecule has 0 saturated carbocycles. The van der Waals surface area contributed by atoms with Gasteiger partial charge >= 0.3 is 5.97 Å². The number of ether oxygens (including phenoxy) is 1. The second-order valence-corrected chi connectivity index (χ2v) is 7.39. The third-order valence-electron chi connectivity index (χ3n) is 4.98. The Morgan fingerprint density at radius 2 is 2.03 bits per heavy atom. The van der Waals surface area contributed by atoms with Crippen LogP contribution >= 0.6 is 0 Å². The molecule has 0 fully saturated rings. The van der Waals surface area contributed by atoms with Crippen molar-refractivity contribution in [2.45, 2.75) is 66.4 Å². The average molecular weight is 457 g/mol. The molecule has 2 aromatic rings. The molecule has 3 rings (SSSR count). The van der Waals surface area contributed by atoms with Crippen LogP contribution in [0.3, 0.4) is 0 Å². The van der Waals surface area contributed by atoms with Crippen molar-refractivity contribution >= 4 is 17.2 Å². The van der Waals surface area contributed by atoms with E-state index in [1.807, 2.05) is 26.0 Å². The summed E-state index contributed by atoms with van der Waals surface area (Å²) in [6.45, 7) is 14.3. The fourth-order valence-electron chi connectivity index (χ4n) is 3.33. The van der Waals surface area contributed by atoms with Crippen LogP contribution in [0.1, 0.15) is 70.4 Å². The van der Waals surface area contributed by atoms with Gasteiger partial charge in [0.05, 0.1) is 5.69 Å². The zero-order chi connectivity index (χ0) is 24.5. The van der Waals surface area contributed by atoms with E-state index in [-0.39, 0.29) is 6.42 Å². The van der Waals surface area contributed by atoms with Gasteiger partial charge in [-0.15, -0.1) is 6.58 Å². The summed E-state index contributed by atoms with van der Waals surface area (Å²) in [6.07, 6.45) is 7.63. The van der Waals surface area contributed by atoms with Crippen molar-refractivity contribution in [1.82, 2.24) is 5.16 Å². The number of hydrogen-bond donors (Lipinski definition) is 1. The number of carboxylic acids is 1. The van der Waals surface area contributed by atoms with Crippen molar-refractivity contribution < 1.29 is 19.2 Å². The number of rotatable bonds is 11. The van der Waals surface area contributed by atoms with Crippen LogP contribution in [0.15, 0.2) is 53.6 Å². The number of aryl methyl sites for hydroxylation is 1. The first kappa shape index (κ1) is 28.2. The lowest BCUT2D eigenvalue weighted by atomic mass is 10.1. The molecule has 1 aromatic heterocycles. The van der Waals surface area contributed by atoms with Crippen molar-refractivity contribution in [1.29, 1.82) is 0 Å². The summed E-state index contributed by atoms with van der Waals surface area (Å²) >= 11 is 0. The second kappa shape index (κ2) is 16.7. The van der Waals surface area contributed by atoms with Crippen molar-refractivity contribution in [3.05, 3.63) is 66.1 Å². The summed E-state index contributed by atoms with van der Waals surface area (Å²) in [7, 11) is 0. The smallest absolute Gasteiger partial charge is 0.303 e. The molecule has 6 heteroatoms. The van der Waals surface area contributed by atoms with Crippen molar-refractivity contribution in [3.8, 4) is 0 Å². The number of para-hydroxylation sites is 1. The van der Waals surface area contributed by atoms with E-state index in [1.165, 1.54) is 16.8 Å². The Labute approximate surface area is 198 Å². The lowest BCUT2D eigenvalue weighted by molar-refractivity contribution is -0.137. The van der Waals surface area contributed by atoms with E-state index in [0.29, 0.717) is 25.4 Å². The minimum atomic E-state index is -0.803. The molecule has 0 saturated heterocycles. The van der Waals surface area contributed by atoms with Gasteiger partial charge in [-0.05, 0) is 44.2 Å². The molecule has 2 heterocycles. The number of hydrogen-bond acceptors (Lipinski definition) is 5. The molecule has 0 unspecified atom stereocenters. The van der Waals surface area contributed by atoms with Crippen LogP contribution in [-0.4, -0.2) is 35.9 Å². The molecule has 1 aromatic carbocycles. The van der Waals surface area contributed by atoms with Gasteiger partial charge in [0.1, 0.15) is 6.61 Å². The first-order valence-corrected chi connectivity index (χ1v) is 11.9. The summed E-state index contributed by atoms with van der Waals surface area (Å²) in [5, 5.41) is 12.7. The summed E-state index contributed by atoms with van der Waals surface area (Å²) in [5.41, 5.74) is 4.96. The molecular weight excluding hydrogens is 416 g/mol. The number of aromatic nitrogens is 1. The van der Waals surface area contributed by atoms with Crippen LogP contribution in [0, 0.1) is 0 Å². The third kappa shape index (κ3) is 10.1. The predicted octanol–water partition coefficient (Wildman–Crippen LogP) is 6.52. The van der Waals surface area contributed by atoms with Gasteiger partial charge in [0.2, 0.25) is 0 Å². The minimum Gasteiger partial charge on any atom is -0.481 e. The predicted molar refractivity (Wildman–Crippen MR) is 135 cm³/mol. The molecule has 1 N–H and O–H groups in total. The molecule has 0 bridgehead atoms. The molecular formula is C27H40N2O4. The first-order valence-electron chi connectivity index (χ1n) is 11.9. The Kier molecular flexibility index (Phi) is 14.3. The maximum absolute atomic E-state index is 10.4. The Morgan fingerprint density at radius 3 is 2.70 bits per heavy atom. The van der Waals surface area contributed by atoms with Gasteiger partial charge in [-0.1, -0.05) is 56.3 Å². The highest BCUT2D eigenvalue weighted by Crippen LogP contribution is 2.35. The van der Waals surface area contributed by atoms with Gasteiger partial charge < -0.3 is 19.3 Å². The van der Waals surface area contributed by atoms with Gasteiger partial charge in [0.15, 0.2) is 5.76 Å². The largest absolute Gasteiger partial charge is 0.481 e. The second-order valence-electron chi connectivity index (χ2n) is 7.39. The lowest BCUT2D eigenvalue weighted by Crippen LogP contribution is -2.21. The zero-order valence-corrected chi connectivity index (χ0v) is 20.7. The van der Waals surface area contributed by atoms with Gasteiger partial charge in [-0.3, -0.25) is 4.79 Å². The maximum atomic E-state index is 10.4. The summed E-state index contributed by atoms with van der Waals surface area (Å²) in [4.78, 5) is 12.9. The van der Waals surface area contributed by atoms with Crippen LogP contribution in [0.4, 0.5) is 5.69 Å². The molecule has 33 heavy (non-hydrogen) atoms. The molecule has 0 radical (unpaired) electrons. The summed E-state index contributed by atoms with van der Waals surface area (Å²) in [6, 6.07) is 10.5. The topological polar surface area (TPSA) is 75.8 Å². The SMILES string of the molecule is C/C=C1\CN(CCCc2cc(COCCCC(=O)O)on2)c2ccccc21.C=CCC.CC. The van der Waals surface area contributed by atoms with Gasteiger partial charge in [-0.25, -0.2) is 0 Å². The first-order chi connectivity index (χ1) is 16.1. The van der Waals surface area contributed by atoms with Crippen LogP contribution in [0.5, 0.6) is 0 Å². The number of carboxylic acid groups (broad SMARTS) is 1. The molecule has 0 amide bonds. The Balaban J connectivity index is 0.000000820. The van der Waals surface area contributed by atoms with E-state index in [1.54, 1.807) is 0 Å². The van der Waals surface area contributed by atoms with E-state index in [9.17, 15) is 4.79 Å². The van der Waals surface area contributed by atoms with Crippen LogP contribution in [-0.2, 0) is 22.6 Å². The number of fused-ring (bicyclic) bond motifs is 1. The van der Waals surface area contributed by atoms with E-state index in [0.717, 1.165) is 38.0 Å². The number of aliphatic carboxylic acids is 1. The third-order valence-corrected chi connectivity index (χ3v) is 4.98. The van der Waals surface area contributed by atoms with E-state index >= 15 is 0 Å². The minimum absolute atomic E-state index is 0.121. The molecule has 0 spiro atoms. The van der Waals surface area contributed by atoms with Gasteiger partial charge in [-0.2, -0.15) is 0 Å². The van der Waals surface area contributed by atoms with Crippen molar-refractivity contribution in [2.24, 2.45) is 0 Å². The van der Waals surface area contributed by atoms with Crippen molar-refractivity contribution in [3.63, 3.8) is 0 Å². The fourth-order valence-corrected chi connectivity index (χ4v) is 3.33. The number of benzene rings is 1. The average Bonchev–Trinajstić information content (AvgIpc) is 3.44. The molecule has 6 nitrogen and oxygen atoms in total. The van der Waals surface area contributed by atoms with E-state index in [2.05, 4.69) is 60.8 Å². The monoisotopic (exact) mass is 456 g/mol. The molecule has 0 aliphatic carbocycles. The summed E-state index contributed by atoms with van der Waals surface area (Å²) < 4.78 is 10.7. The quantitative estimate of drug-likeness (QED) is 0.306. The van der Waals surface area contributed by atoms with Crippen molar-refractivity contribution in [2.75, 3.05) is 24.6 Å². The van der Waals surface area contributed by atoms with Gasteiger partial charge in [0.25, 0.3) is 0 Å². The van der Waals surface area contributed by atoms with Crippen LogP contribution in [0.2, 0.25) is 0 Å². The number of anilines is 1. The Hall–Kier alpha value is -2.86. The van der Waals surface area contributed by atoms with E-state index < -0.39 is 5.97 Å².